The lowest BCUT2D eigenvalue weighted by atomic mass is 9.92. The van der Waals surface area contributed by atoms with Gasteiger partial charge in [-0.2, -0.15) is 0 Å². The predicted octanol–water partition coefficient (Wildman–Crippen LogP) is 2.91. The van der Waals surface area contributed by atoms with Crippen LogP contribution in [-0.4, -0.2) is 19.3 Å². The molecular formula is C12H15BClN. The van der Waals surface area contributed by atoms with Gasteiger partial charge >= 0.3 is 0 Å². The third-order valence-electron chi connectivity index (χ3n) is 2.98. The van der Waals surface area contributed by atoms with Crippen molar-refractivity contribution in [3.05, 3.63) is 33.8 Å². The van der Waals surface area contributed by atoms with E-state index in [-0.39, 0.29) is 0 Å². The van der Waals surface area contributed by atoms with E-state index in [4.69, 9.17) is 19.6 Å². The molecule has 0 spiro atoms. The lowest BCUT2D eigenvalue weighted by molar-refractivity contribution is 0.427. The first kappa shape index (κ1) is 11.0. The van der Waals surface area contributed by atoms with Gasteiger partial charge in [-0.05, 0) is 41.6 Å². The predicted molar refractivity (Wildman–Crippen MR) is 65.4 cm³/mol. The summed E-state index contributed by atoms with van der Waals surface area (Å²) in [6, 6.07) is 4.32. The molecule has 1 heterocycles. The highest BCUT2D eigenvalue weighted by Gasteiger charge is 2.16. The fraction of sp³-hybridized carbons (Fsp3) is 0.500. The molecule has 0 aromatic heterocycles. The summed E-state index contributed by atoms with van der Waals surface area (Å²) in [6.45, 7) is 6.09. The van der Waals surface area contributed by atoms with Crippen LogP contribution in [0.3, 0.4) is 0 Å². The van der Waals surface area contributed by atoms with E-state index in [1.54, 1.807) is 0 Å². The average molecular weight is 220 g/mol. The van der Waals surface area contributed by atoms with Crippen molar-refractivity contribution in [2.75, 3.05) is 6.54 Å². The maximum Gasteiger partial charge on any atom is 0.182 e. The van der Waals surface area contributed by atoms with Gasteiger partial charge in [-0.1, -0.05) is 31.5 Å². The van der Waals surface area contributed by atoms with Crippen molar-refractivity contribution in [2.24, 2.45) is 0 Å². The maximum atomic E-state index is 6.25. The van der Waals surface area contributed by atoms with E-state index < -0.39 is 0 Å². The highest BCUT2D eigenvalue weighted by molar-refractivity contribution is 6.31. The second kappa shape index (κ2) is 4.19. The molecule has 0 saturated carbocycles. The molecular weight excluding hydrogens is 204 g/mol. The number of halogens is 1. The Balaban J connectivity index is 2.42. The van der Waals surface area contributed by atoms with Crippen molar-refractivity contribution < 1.29 is 0 Å². The van der Waals surface area contributed by atoms with E-state index in [0.29, 0.717) is 5.92 Å². The maximum absolute atomic E-state index is 6.25. The van der Waals surface area contributed by atoms with Gasteiger partial charge in [-0.15, -0.1) is 0 Å². The van der Waals surface area contributed by atoms with E-state index in [9.17, 15) is 0 Å². The largest absolute Gasteiger partial charge is 0.350 e. The second-order valence-electron chi connectivity index (χ2n) is 4.52. The minimum atomic E-state index is 0.468. The molecule has 3 heteroatoms. The zero-order valence-electron chi connectivity index (χ0n) is 9.26. The van der Waals surface area contributed by atoms with Crippen LogP contribution in [0.25, 0.3) is 0 Å². The van der Waals surface area contributed by atoms with Crippen molar-refractivity contribution in [1.29, 1.82) is 0 Å². The third kappa shape index (κ3) is 2.21. The molecule has 0 atom stereocenters. The first-order chi connectivity index (χ1) is 7.08. The highest BCUT2D eigenvalue weighted by atomic mass is 35.5. The van der Waals surface area contributed by atoms with Crippen molar-refractivity contribution in [3.63, 3.8) is 0 Å². The monoisotopic (exact) mass is 219 g/mol. The lowest BCUT2D eigenvalue weighted by Crippen LogP contribution is -2.28. The van der Waals surface area contributed by atoms with Gasteiger partial charge in [0, 0.05) is 11.6 Å². The molecule has 1 aromatic carbocycles. The minimum absolute atomic E-state index is 0.468. The summed E-state index contributed by atoms with van der Waals surface area (Å²) in [7, 11) is 5.81. The zero-order valence-corrected chi connectivity index (χ0v) is 10.0. The second-order valence-corrected chi connectivity index (χ2v) is 4.92. The van der Waals surface area contributed by atoms with Crippen LogP contribution < -0.4 is 0 Å². The van der Waals surface area contributed by atoms with Crippen molar-refractivity contribution >= 4 is 19.6 Å². The molecule has 0 amide bonds. The molecule has 0 aliphatic carbocycles. The van der Waals surface area contributed by atoms with Crippen LogP contribution in [0.1, 0.15) is 36.5 Å². The van der Waals surface area contributed by atoms with Crippen LogP contribution >= 0.6 is 11.6 Å². The van der Waals surface area contributed by atoms with E-state index in [1.165, 1.54) is 16.7 Å². The van der Waals surface area contributed by atoms with Gasteiger partial charge < -0.3 is 4.81 Å². The van der Waals surface area contributed by atoms with Gasteiger partial charge in [-0.3, -0.25) is 0 Å². The number of rotatable bonds is 1. The van der Waals surface area contributed by atoms with Crippen LogP contribution in [0.4, 0.5) is 0 Å². The normalized spacial score (nSPS) is 16.8. The quantitative estimate of drug-likeness (QED) is 0.657. The smallest absolute Gasteiger partial charge is 0.182 e. The van der Waals surface area contributed by atoms with Gasteiger partial charge in [0.1, 0.15) is 0 Å². The summed E-state index contributed by atoms with van der Waals surface area (Å²) in [4.78, 5) is 1.86. The lowest BCUT2D eigenvalue weighted by Gasteiger charge is -2.27. The molecule has 0 unspecified atom stereocenters. The van der Waals surface area contributed by atoms with E-state index in [1.807, 2.05) is 4.81 Å². The Morgan fingerprint density at radius 2 is 2.07 bits per heavy atom. The minimum Gasteiger partial charge on any atom is -0.350 e. The first-order valence-corrected chi connectivity index (χ1v) is 5.76. The summed E-state index contributed by atoms with van der Waals surface area (Å²) in [5.74, 6) is 0.468. The molecule has 15 heavy (non-hydrogen) atoms. The molecule has 2 radical (unpaired) electrons. The Bertz CT molecular complexity index is 376. The SMILES string of the molecule is [B]N1CCc2cc(Cl)c(C(C)C)cc2C1. The molecule has 78 valence electrons. The summed E-state index contributed by atoms with van der Waals surface area (Å²) >= 11 is 6.25. The molecule has 1 nitrogen and oxygen atoms in total. The molecule has 2 rings (SSSR count). The van der Waals surface area contributed by atoms with Crippen LogP contribution in [0, 0.1) is 0 Å². The number of nitrogens with zero attached hydrogens (tertiary/aromatic N) is 1. The third-order valence-corrected chi connectivity index (χ3v) is 3.31. The number of benzene rings is 1. The fourth-order valence-corrected chi connectivity index (χ4v) is 2.47. The Morgan fingerprint density at radius 1 is 1.33 bits per heavy atom. The summed E-state index contributed by atoms with van der Waals surface area (Å²) in [5, 5.41) is 0.897. The van der Waals surface area contributed by atoms with Crippen LogP contribution in [0.2, 0.25) is 5.02 Å². The molecule has 1 aliphatic rings. The average Bonchev–Trinajstić information content (AvgIpc) is 2.17. The Kier molecular flexibility index (Phi) is 3.08. The number of hydrogen-bond acceptors (Lipinski definition) is 1. The topological polar surface area (TPSA) is 3.24 Å². The zero-order chi connectivity index (χ0) is 11.0. The summed E-state index contributed by atoms with van der Waals surface area (Å²) in [5.41, 5.74) is 3.91. The molecule has 1 aliphatic heterocycles. The van der Waals surface area contributed by atoms with Crippen LogP contribution in [-0.2, 0) is 13.0 Å². The van der Waals surface area contributed by atoms with Gasteiger partial charge in [0.2, 0.25) is 0 Å². The summed E-state index contributed by atoms with van der Waals surface area (Å²) < 4.78 is 0. The molecule has 0 N–H and O–H groups in total. The van der Waals surface area contributed by atoms with Gasteiger partial charge in [0.25, 0.3) is 0 Å². The van der Waals surface area contributed by atoms with Gasteiger partial charge in [0.05, 0.1) is 0 Å². The van der Waals surface area contributed by atoms with Crippen molar-refractivity contribution in [1.82, 2.24) is 4.81 Å². The Labute approximate surface area is 97.9 Å². The van der Waals surface area contributed by atoms with E-state index in [0.717, 1.165) is 24.5 Å². The first-order valence-electron chi connectivity index (χ1n) is 5.38. The number of fused-ring (bicyclic) bond motifs is 1. The summed E-state index contributed by atoms with van der Waals surface area (Å²) in [6.07, 6.45) is 1.00. The molecule has 0 bridgehead atoms. The van der Waals surface area contributed by atoms with Gasteiger partial charge in [0.15, 0.2) is 7.98 Å². The van der Waals surface area contributed by atoms with Crippen LogP contribution in [0.5, 0.6) is 0 Å². The Morgan fingerprint density at radius 3 is 2.73 bits per heavy atom. The molecule has 0 fully saturated rings. The fourth-order valence-electron chi connectivity index (χ4n) is 2.06. The highest BCUT2D eigenvalue weighted by Crippen LogP contribution is 2.30. The Hall–Kier alpha value is -0.465. The number of hydrogen-bond donors (Lipinski definition) is 0. The van der Waals surface area contributed by atoms with Crippen LogP contribution in [0.15, 0.2) is 12.1 Å². The van der Waals surface area contributed by atoms with E-state index in [2.05, 4.69) is 26.0 Å². The molecule has 0 saturated heterocycles. The van der Waals surface area contributed by atoms with Gasteiger partial charge in [-0.25, -0.2) is 0 Å². The standard InChI is InChI=1S/C12H15BClN/c1-8(2)11-5-10-7-15(13)4-3-9(10)6-12(11)14/h5-6,8H,3-4,7H2,1-2H3. The van der Waals surface area contributed by atoms with Crippen molar-refractivity contribution in [3.8, 4) is 0 Å². The van der Waals surface area contributed by atoms with E-state index >= 15 is 0 Å². The molecule has 1 aromatic rings. The van der Waals surface area contributed by atoms with Crippen molar-refractivity contribution in [2.45, 2.75) is 32.7 Å².